The van der Waals surface area contributed by atoms with Gasteiger partial charge in [-0.2, -0.15) is 0 Å². The first-order valence-corrected chi connectivity index (χ1v) is 6.27. The first-order chi connectivity index (χ1) is 9.68. The third-order valence-corrected chi connectivity index (χ3v) is 3.34. The van der Waals surface area contributed by atoms with E-state index in [9.17, 15) is 9.18 Å². The van der Waals surface area contributed by atoms with Crippen molar-refractivity contribution in [2.75, 3.05) is 11.9 Å². The van der Waals surface area contributed by atoms with Crippen molar-refractivity contribution in [1.29, 1.82) is 0 Å². The maximum Gasteiger partial charge on any atom is 0.260 e. The average Bonchev–Trinajstić information content (AvgIpc) is 2.94. The first-order valence-electron chi connectivity index (χ1n) is 6.27. The maximum absolute atomic E-state index is 13.8. The number of carbonyl (C=O) groups excluding carboxylic acids is 1. The van der Waals surface area contributed by atoms with Crippen molar-refractivity contribution in [3.8, 4) is 0 Å². The molecular formula is C16H13FN2O. The molecule has 0 aliphatic carbocycles. The van der Waals surface area contributed by atoms with Crippen LogP contribution in [-0.2, 0) is 0 Å². The van der Waals surface area contributed by atoms with Crippen LogP contribution in [0.25, 0.3) is 10.9 Å². The third kappa shape index (κ3) is 1.95. The fourth-order valence-corrected chi connectivity index (χ4v) is 2.28. The topological polar surface area (TPSA) is 36.1 Å². The van der Waals surface area contributed by atoms with Gasteiger partial charge in [0.25, 0.3) is 5.91 Å². The molecule has 100 valence electrons. The Labute approximate surface area is 115 Å². The molecule has 0 atom stereocenters. The van der Waals surface area contributed by atoms with Gasteiger partial charge in [0.2, 0.25) is 0 Å². The summed E-state index contributed by atoms with van der Waals surface area (Å²) in [5, 5.41) is 0.956. The summed E-state index contributed by atoms with van der Waals surface area (Å²) in [5.74, 6) is -0.662. The predicted molar refractivity (Wildman–Crippen MR) is 77.4 cm³/mol. The monoisotopic (exact) mass is 268 g/mol. The average molecular weight is 268 g/mol. The van der Waals surface area contributed by atoms with Gasteiger partial charge in [-0.15, -0.1) is 0 Å². The number of anilines is 1. The number of rotatable bonds is 2. The van der Waals surface area contributed by atoms with Crippen LogP contribution in [0.2, 0.25) is 0 Å². The number of hydrogen-bond acceptors (Lipinski definition) is 1. The smallest absolute Gasteiger partial charge is 0.260 e. The molecule has 0 unspecified atom stereocenters. The van der Waals surface area contributed by atoms with Crippen molar-refractivity contribution in [1.82, 2.24) is 4.98 Å². The number of benzene rings is 2. The number of halogens is 1. The Morgan fingerprint density at radius 1 is 1.10 bits per heavy atom. The Balaban J connectivity index is 2.05. The number of para-hydroxylation sites is 2. The van der Waals surface area contributed by atoms with Crippen molar-refractivity contribution in [2.24, 2.45) is 0 Å². The molecule has 3 aromatic rings. The van der Waals surface area contributed by atoms with E-state index in [0.717, 1.165) is 10.9 Å². The molecule has 0 saturated heterocycles. The Morgan fingerprint density at radius 2 is 1.90 bits per heavy atom. The Morgan fingerprint density at radius 3 is 2.70 bits per heavy atom. The van der Waals surface area contributed by atoms with Crippen LogP contribution in [0.15, 0.2) is 54.7 Å². The lowest BCUT2D eigenvalue weighted by Gasteiger charge is -2.18. The number of hydrogen-bond donors (Lipinski definition) is 1. The third-order valence-electron chi connectivity index (χ3n) is 3.34. The van der Waals surface area contributed by atoms with Gasteiger partial charge in [0.05, 0.1) is 16.8 Å². The van der Waals surface area contributed by atoms with Crippen LogP contribution >= 0.6 is 0 Å². The Kier molecular flexibility index (Phi) is 2.99. The van der Waals surface area contributed by atoms with Gasteiger partial charge in [-0.1, -0.05) is 24.3 Å². The van der Waals surface area contributed by atoms with E-state index in [0.29, 0.717) is 5.56 Å². The van der Waals surface area contributed by atoms with Crippen molar-refractivity contribution in [3.05, 3.63) is 66.1 Å². The molecule has 3 rings (SSSR count). The van der Waals surface area contributed by atoms with E-state index >= 15 is 0 Å². The van der Waals surface area contributed by atoms with Gasteiger partial charge in [-0.25, -0.2) is 4.39 Å². The highest BCUT2D eigenvalue weighted by atomic mass is 19.1. The quantitative estimate of drug-likeness (QED) is 0.757. The van der Waals surface area contributed by atoms with Crippen LogP contribution in [0.4, 0.5) is 10.1 Å². The number of nitrogens with zero attached hydrogens (tertiary/aromatic N) is 1. The summed E-state index contributed by atoms with van der Waals surface area (Å²) in [6.45, 7) is 0. The van der Waals surface area contributed by atoms with E-state index in [4.69, 9.17) is 0 Å². The second-order valence-corrected chi connectivity index (χ2v) is 4.56. The van der Waals surface area contributed by atoms with Gasteiger partial charge in [0.1, 0.15) is 5.82 Å². The summed E-state index contributed by atoms with van der Waals surface area (Å²) in [6.07, 6.45) is 1.78. The molecule has 20 heavy (non-hydrogen) atoms. The van der Waals surface area contributed by atoms with E-state index in [2.05, 4.69) is 4.98 Å². The molecule has 0 aliphatic heterocycles. The van der Waals surface area contributed by atoms with Crippen LogP contribution in [0, 0.1) is 5.82 Å². The lowest BCUT2D eigenvalue weighted by Crippen LogP contribution is -2.27. The number of H-pyrrole nitrogens is 1. The van der Waals surface area contributed by atoms with Crippen LogP contribution < -0.4 is 4.90 Å². The number of fused-ring (bicyclic) bond motifs is 1. The minimum Gasteiger partial charge on any atom is -0.361 e. The van der Waals surface area contributed by atoms with E-state index < -0.39 is 5.82 Å². The molecule has 1 aromatic heterocycles. The zero-order valence-electron chi connectivity index (χ0n) is 10.9. The van der Waals surface area contributed by atoms with Crippen molar-refractivity contribution < 1.29 is 9.18 Å². The van der Waals surface area contributed by atoms with E-state index in [-0.39, 0.29) is 11.6 Å². The Hall–Kier alpha value is -2.62. The molecular weight excluding hydrogens is 255 g/mol. The van der Waals surface area contributed by atoms with Crippen molar-refractivity contribution in [3.63, 3.8) is 0 Å². The zero-order chi connectivity index (χ0) is 14.1. The van der Waals surface area contributed by atoms with Crippen molar-refractivity contribution >= 4 is 22.5 Å². The van der Waals surface area contributed by atoms with Crippen molar-refractivity contribution in [2.45, 2.75) is 0 Å². The maximum atomic E-state index is 13.8. The molecule has 1 amide bonds. The minimum atomic E-state index is -0.415. The highest BCUT2D eigenvalue weighted by molar-refractivity contribution is 6.13. The minimum absolute atomic E-state index is 0.247. The number of nitrogens with one attached hydrogen (secondary N) is 1. The zero-order valence-corrected chi connectivity index (χ0v) is 10.9. The van der Waals surface area contributed by atoms with Crippen LogP contribution in [-0.4, -0.2) is 17.9 Å². The highest BCUT2D eigenvalue weighted by Crippen LogP contribution is 2.23. The first kappa shape index (κ1) is 12.4. The van der Waals surface area contributed by atoms with E-state index in [1.54, 1.807) is 37.5 Å². The molecule has 1 N–H and O–H groups in total. The fourth-order valence-electron chi connectivity index (χ4n) is 2.28. The molecule has 0 radical (unpaired) electrons. The largest absolute Gasteiger partial charge is 0.361 e. The molecule has 0 aliphatic rings. The lowest BCUT2D eigenvalue weighted by atomic mass is 10.1. The second-order valence-electron chi connectivity index (χ2n) is 4.56. The van der Waals surface area contributed by atoms with Gasteiger partial charge in [0.15, 0.2) is 0 Å². The molecule has 4 heteroatoms. The van der Waals surface area contributed by atoms with Gasteiger partial charge in [0, 0.05) is 18.6 Å². The van der Waals surface area contributed by atoms with Gasteiger partial charge >= 0.3 is 0 Å². The predicted octanol–water partition coefficient (Wildman–Crippen LogP) is 3.58. The molecule has 0 spiro atoms. The van der Waals surface area contributed by atoms with Gasteiger partial charge in [-0.3, -0.25) is 4.79 Å². The summed E-state index contributed by atoms with van der Waals surface area (Å²) in [5.41, 5.74) is 1.56. The second kappa shape index (κ2) is 4.81. The van der Waals surface area contributed by atoms with Gasteiger partial charge in [-0.05, 0) is 24.3 Å². The van der Waals surface area contributed by atoms with Crippen LogP contribution in [0.3, 0.4) is 0 Å². The SMILES string of the molecule is CN(C(=O)c1cccc2cc[nH]c12)c1ccccc1F. The summed E-state index contributed by atoms with van der Waals surface area (Å²) in [7, 11) is 1.57. The van der Waals surface area contributed by atoms with E-state index in [1.165, 1.54) is 11.0 Å². The number of amides is 1. The molecule has 0 fully saturated rings. The molecule has 3 nitrogen and oxygen atoms in total. The van der Waals surface area contributed by atoms with Crippen LogP contribution in [0.1, 0.15) is 10.4 Å². The molecule has 0 saturated carbocycles. The normalized spacial score (nSPS) is 10.7. The number of carbonyl (C=O) groups is 1. The summed E-state index contributed by atoms with van der Waals surface area (Å²) < 4.78 is 13.8. The Bertz CT molecular complexity index is 779. The molecule has 0 bridgehead atoms. The van der Waals surface area contributed by atoms with E-state index in [1.807, 2.05) is 18.2 Å². The van der Waals surface area contributed by atoms with Crippen LogP contribution in [0.5, 0.6) is 0 Å². The number of aromatic nitrogens is 1. The summed E-state index contributed by atoms with van der Waals surface area (Å²) in [4.78, 5) is 16.9. The fraction of sp³-hybridized carbons (Fsp3) is 0.0625. The summed E-state index contributed by atoms with van der Waals surface area (Å²) >= 11 is 0. The molecule has 1 heterocycles. The highest BCUT2D eigenvalue weighted by Gasteiger charge is 2.18. The molecule has 2 aromatic carbocycles. The standard InChI is InChI=1S/C16H13FN2O/c1-19(14-8-3-2-7-13(14)17)16(20)12-6-4-5-11-9-10-18-15(11)12/h2-10,18H,1H3. The summed E-state index contributed by atoms with van der Waals surface area (Å²) in [6, 6.07) is 13.6. The number of aromatic amines is 1. The lowest BCUT2D eigenvalue weighted by molar-refractivity contribution is 0.0993. The van der Waals surface area contributed by atoms with Gasteiger partial charge < -0.3 is 9.88 Å².